The second-order valence-corrected chi connectivity index (χ2v) is 16.7. The number of nitrogens with zero attached hydrogens (tertiary/aromatic N) is 10. The van der Waals surface area contributed by atoms with Crippen molar-refractivity contribution < 1.29 is 28.2 Å². The maximum atomic E-state index is 13.6. The fourth-order valence-electron chi connectivity index (χ4n) is 7.74. The first-order valence-corrected chi connectivity index (χ1v) is 19.7. The van der Waals surface area contributed by atoms with Crippen molar-refractivity contribution in [3.8, 4) is 34.3 Å². The van der Waals surface area contributed by atoms with Gasteiger partial charge >= 0.3 is 0 Å². The molecule has 0 radical (unpaired) electrons. The molecule has 2 aliphatic heterocycles. The molecule has 6 heterocycles. The van der Waals surface area contributed by atoms with Crippen LogP contribution in [0.3, 0.4) is 0 Å². The number of hydrogen-bond acceptors (Lipinski definition) is 14. The highest BCUT2D eigenvalue weighted by Gasteiger charge is 2.35. The number of carbonyl (C=O) groups is 1. The number of rotatable bonds is 10. The molecule has 0 aliphatic carbocycles. The van der Waals surface area contributed by atoms with Gasteiger partial charge in [-0.15, -0.1) is 0 Å². The van der Waals surface area contributed by atoms with Crippen LogP contribution in [-0.4, -0.2) is 90.3 Å². The molecule has 2 aliphatic rings. The molecule has 0 saturated heterocycles. The highest BCUT2D eigenvalue weighted by Crippen LogP contribution is 2.34. The lowest BCUT2D eigenvalue weighted by molar-refractivity contribution is 0.0990. The lowest BCUT2D eigenvalue weighted by atomic mass is 9.90. The van der Waals surface area contributed by atoms with Crippen LogP contribution in [0.2, 0.25) is 0 Å². The van der Waals surface area contributed by atoms with Crippen molar-refractivity contribution in [3.63, 3.8) is 0 Å². The summed E-state index contributed by atoms with van der Waals surface area (Å²) in [5.41, 5.74) is 1.76. The standard InChI is InChI=1S/C22H24FN5O3.C22H22FN5O3/c2*1-22(2)11-27(10-18(29)15-5-4-14(23)8-19(15)31-3)21-26-17(9-20(30)28(21)12-22)16-6-7-24-13-25-16/h4-9,13,18,29H,10-12H2,1-3H3;4-9,13H,10-12H2,1-3H3. The number of benzene rings is 2. The molecule has 16 nitrogen and oxygen atoms in total. The SMILES string of the molecule is COc1cc(F)ccc1C(=O)CN1CC(C)(C)Cn2c1nc(-c1ccncn1)cc2=O.COc1cc(F)ccc1C(O)CN1CC(C)(C)Cn2c1nc(-c1ccncn1)cc2=O. The summed E-state index contributed by atoms with van der Waals surface area (Å²) >= 11 is 0. The number of ketones is 1. The predicted molar refractivity (Wildman–Crippen MR) is 226 cm³/mol. The smallest absolute Gasteiger partial charge is 0.255 e. The van der Waals surface area contributed by atoms with Gasteiger partial charge in [0.2, 0.25) is 11.9 Å². The summed E-state index contributed by atoms with van der Waals surface area (Å²) in [6.07, 6.45) is 4.98. The first kappa shape index (κ1) is 43.1. The molecular weight excluding hydrogens is 803 g/mol. The van der Waals surface area contributed by atoms with E-state index in [1.807, 2.05) is 18.7 Å². The highest BCUT2D eigenvalue weighted by atomic mass is 19.1. The van der Waals surface area contributed by atoms with Crippen molar-refractivity contribution in [2.45, 2.75) is 46.9 Å². The molecule has 0 amide bonds. The van der Waals surface area contributed by atoms with Gasteiger partial charge in [0, 0.05) is 79.2 Å². The minimum atomic E-state index is -0.975. The zero-order chi connectivity index (χ0) is 44.3. The number of fused-ring (bicyclic) bond motifs is 2. The Hall–Kier alpha value is -6.95. The van der Waals surface area contributed by atoms with Gasteiger partial charge in [0.25, 0.3) is 11.1 Å². The van der Waals surface area contributed by atoms with E-state index in [1.165, 1.54) is 75.4 Å². The molecule has 0 bridgehead atoms. The number of aliphatic hydroxyl groups excluding tert-OH is 1. The van der Waals surface area contributed by atoms with Crippen molar-refractivity contribution in [1.82, 2.24) is 39.0 Å². The van der Waals surface area contributed by atoms with Crippen LogP contribution < -0.4 is 30.4 Å². The zero-order valence-corrected chi connectivity index (χ0v) is 35.1. The number of ether oxygens (including phenoxy) is 2. The normalized spacial score (nSPS) is 15.4. The maximum Gasteiger partial charge on any atom is 0.255 e. The van der Waals surface area contributed by atoms with Gasteiger partial charge < -0.3 is 24.4 Å². The van der Waals surface area contributed by atoms with Gasteiger partial charge in [-0.25, -0.2) is 38.7 Å². The van der Waals surface area contributed by atoms with Gasteiger partial charge in [-0.05, 0) is 36.4 Å². The van der Waals surface area contributed by atoms with Crippen molar-refractivity contribution in [3.05, 3.63) is 129 Å². The molecule has 322 valence electrons. The average molecular weight is 849 g/mol. The van der Waals surface area contributed by atoms with Crippen molar-refractivity contribution in [2.75, 3.05) is 50.2 Å². The van der Waals surface area contributed by atoms with Crippen LogP contribution in [-0.2, 0) is 13.1 Å². The van der Waals surface area contributed by atoms with E-state index < -0.39 is 17.7 Å². The summed E-state index contributed by atoms with van der Waals surface area (Å²) in [6, 6.07) is 14.1. The second-order valence-electron chi connectivity index (χ2n) is 16.7. The van der Waals surface area contributed by atoms with E-state index in [0.29, 0.717) is 66.4 Å². The number of carbonyl (C=O) groups excluding carboxylic acids is 1. The van der Waals surface area contributed by atoms with Crippen LogP contribution in [0.4, 0.5) is 20.7 Å². The van der Waals surface area contributed by atoms with Crippen molar-refractivity contribution in [2.24, 2.45) is 10.8 Å². The van der Waals surface area contributed by atoms with Gasteiger partial charge in [-0.1, -0.05) is 27.7 Å². The zero-order valence-electron chi connectivity index (χ0n) is 35.1. The Labute approximate surface area is 355 Å². The minimum absolute atomic E-state index is 0.0366. The van der Waals surface area contributed by atoms with E-state index in [9.17, 15) is 28.3 Å². The third kappa shape index (κ3) is 9.49. The Morgan fingerprint density at radius 1 is 0.694 bits per heavy atom. The monoisotopic (exact) mass is 848 g/mol. The molecule has 4 aromatic heterocycles. The fraction of sp³-hybridized carbons (Fsp3) is 0.341. The number of aromatic nitrogens is 8. The number of methoxy groups -OCH3 is 2. The number of halogens is 2. The van der Waals surface area contributed by atoms with Gasteiger partial charge in [0.05, 0.1) is 55.6 Å². The topological polar surface area (TPSA) is 184 Å². The summed E-state index contributed by atoms with van der Waals surface area (Å²) in [7, 11) is 2.82. The van der Waals surface area contributed by atoms with Crippen LogP contribution in [0, 0.1) is 22.5 Å². The molecule has 18 heteroatoms. The molecule has 62 heavy (non-hydrogen) atoms. The molecule has 1 unspecified atom stereocenters. The van der Waals surface area contributed by atoms with Gasteiger partial charge in [-0.3, -0.25) is 23.5 Å². The number of β-amino-alcohol motifs (C(OH)–C–C–N with tert-alkyl or cyclic N) is 1. The Morgan fingerprint density at radius 3 is 1.71 bits per heavy atom. The fourth-order valence-corrected chi connectivity index (χ4v) is 7.74. The lowest BCUT2D eigenvalue weighted by Gasteiger charge is -2.41. The Bertz CT molecular complexity index is 2710. The van der Waals surface area contributed by atoms with Crippen LogP contribution in [0.25, 0.3) is 22.8 Å². The molecular formula is C44H46F2N10O6. The lowest BCUT2D eigenvalue weighted by Crippen LogP contribution is -2.49. The van der Waals surface area contributed by atoms with Crippen LogP contribution >= 0.6 is 0 Å². The second kappa shape index (κ2) is 17.6. The Balaban J connectivity index is 0.000000186. The molecule has 1 atom stereocenters. The van der Waals surface area contributed by atoms with E-state index in [1.54, 1.807) is 38.6 Å². The van der Waals surface area contributed by atoms with Crippen molar-refractivity contribution in [1.29, 1.82) is 0 Å². The molecule has 6 aromatic rings. The number of aliphatic hydroxyl groups is 1. The summed E-state index contributed by atoms with van der Waals surface area (Å²) in [5.74, 6) is 0.101. The number of Topliss-reactive ketones (excluding diaryl/α,β-unsaturated/α-hetero) is 1. The van der Waals surface area contributed by atoms with E-state index in [-0.39, 0.29) is 57.9 Å². The largest absolute Gasteiger partial charge is 0.496 e. The maximum absolute atomic E-state index is 13.6. The van der Waals surface area contributed by atoms with Crippen LogP contribution in [0.15, 0.2) is 95.3 Å². The summed E-state index contributed by atoms with van der Waals surface area (Å²) in [5, 5.41) is 10.9. The average Bonchev–Trinajstić information content (AvgIpc) is 3.24. The third-order valence-corrected chi connectivity index (χ3v) is 10.4. The summed E-state index contributed by atoms with van der Waals surface area (Å²) in [4.78, 5) is 68.1. The summed E-state index contributed by atoms with van der Waals surface area (Å²) < 4.78 is 40.7. The highest BCUT2D eigenvalue weighted by molar-refractivity contribution is 6.01. The third-order valence-electron chi connectivity index (χ3n) is 10.4. The molecule has 0 fully saturated rings. The summed E-state index contributed by atoms with van der Waals surface area (Å²) in [6.45, 7) is 10.4. The first-order valence-electron chi connectivity index (χ1n) is 19.7. The Morgan fingerprint density at radius 2 is 1.19 bits per heavy atom. The number of anilines is 2. The first-order chi connectivity index (χ1) is 29.5. The van der Waals surface area contributed by atoms with E-state index in [2.05, 4.69) is 38.8 Å². The van der Waals surface area contributed by atoms with E-state index in [0.717, 1.165) is 0 Å². The van der Waals surface area contributed by atoms with Crippen molar-refractivity contribution >= 4 is 17.7 Å². The van der Waals surface area contributed by atoms with Crippen LogP contribution in [0.1, 0.15) is 49.7 Å². The molecule has 2 aromatic carbocycles. The predicted octanol–water partition coefficient (Wildman–Crippen LogP) is 5.00. The number of hydrogen-bond donors (Lipinski definition) is 1. The molecule has 8 rings (SSSR count). The van der Waals surface area contributed by atoms with E-state index >= 15 is 0 Å². The molecule has 0 spiro atoms. The van der Waals surface area contributed by atoms with Gasteiger partial charge in [0.1, 0.15) is 41.9 Å². The molecule has 1 N–H and O–H groups in total. The van der Waals surface area contributed by atoms with Gasteiger partial charge in [0.15, 0.2) is 5.78 Å². The Kier molecular flexibility index (Phi) is 12.2. The van der Waals surface area contributed by atoms with Crippen LogP contribution in [0.5, 0.6) is 11.5 Å². The van der Waals surface area contributed by atoms with E-state index in [4.69, 9.17) is 14.5 Å². The van der Waals surface area contributed by atoms with Gasteiger partial charge in [-0.2, -0.15) is 0 Å². The quantitative estimate of drug-likeness (QED) is 0.182. The molecule has 0 saturated carbocycles. The minimum Gasteiger partial charge on any atom is -0.496 e.